The molecule has 1 aliphatic rings. The highest BCUT2D eigenvalue weighted by molar-refractivity contribution is 5.93. The van der Waals surface area contributed by atoms with Gasteiger partial charge in [0.05, 0.1) is 0 Å². The van der Waals surface area contributed by atoms with E-state index >= 15 is 0 Å². The summed E-state index contributed by atoms with van der Waals surface area (Å²) < 4.78 is 5.57. The topological polar surface area (TPSA) is 91.4 Å². The number of nitrogens with one attached hydrogen (secondary N) is 2. The minimum absolute atomic E-state index is 0.0997. The van der Waals surface area contributed by atoms with E-state index in [1.54, 1.807) is 6.20 Å². The van der Waals surface area contributed by atoms with E-state index in [0.717, 1.165) is 33.2 Å². The highest BCUT2D eigenvalue weighted by atomic mass is 16.5. The van der Waals surface area contributed by atoms with E-state index < -0.39 is 17.6 Å². The van der Waals surface area contributed by atoms with Crippen LogP contribution in [-0.2, 0) is 15.1 Å². The van der Waals surface area contributed by atoms with E-state index in [9.17, 15) is 14.7 Å². The predicted molar refractivity (Wildman–Crippen MR) is 121 cm³/mol. The molecule has 4 aromatic rings. The Labute approximate surface area is 184 Å². The second kappa shape index (κ2) is 7.57. The Hall–Kier alpha value is -4.06. The van der Waals surface area contributed by atoms with Crippen molar-refractivity contribution in [3.63, 3.8) is 0 Å². The van der Waals surface area contributed by atoms with E-state index in [1.807, 2.05) is 60.7 Å². The molecular formula is C26H22N2O4. The number of aromatic nitrogens is 1. The van der Waals surface area contributed by atoms with Gasteiger partial charge in [0.1, 0.15) is 6.61 Å². The quantitative estimate of drug-likeness (QED) is 0.419. The molecule has 3 N–H and O–H groups in total. The van der Waals surface area contributed by atoms with Gasteiger partial charge in [-0.15, -0.1) is 0 Å². The monoisotopic (exact) mass is 426 g/mol. The molecule has 1 aliphatic carbocycles. The van der Waals surface area contributed by atoms with Gasteiger partial charge in [-0.05, 0) is 35.2 Å². The number of hydrogen-bond donors (Lipinski definition) is 3. The van der Waals surface area contributed by atoms with Crippen molar-refractivity contribution in [2.24, 2.45) is 0 Å². The summed E-state index contributed by atoms with van der Waals surface area (Å²) in [7, 11) is 0. The van der Waals surface area contributed by atoms with Crippen LogP contribution in [0.4, 0.5) is 4.79 Å². The summed E-state index contributed by atoms with van der Waals surface area (Å²) in [5.41, 5.74) is 4.07. The number of benzene rings is 3. The smallest absolute Gasteiger partial charge is 0.408 e. The Bertz CT molecular complexity index is 1300. The van der Waals surface area contributed by atoms with Crippen LogP contribution >= 0.6 is 0 Å². The van der Waals surface area contributed by atoms with Crippen LogP contribution in [0.2, 0.25) is 0 Å². The molecule has 1 atom stereocenters. The van der Waals surface area contributed by atoms with Gasteiger partial charge >= 0.3 is 12.1 Å². The van der Waals surface area contributed by atoms with Crippen LogP contribution in [0, 0.1) is 0 Å². The molecule has 0 unspecified atom stereocenters. The van der Waals surface area contributed by atoms with Gasteiger partial charge in [0.25, 0.3) is 0 Å². The largest absolute Gasteiger partial charge is 0.479 e. The fourth-order valence-electron chi connectivity index (χ4n) is 4.56. The van der Waals surface area contributed by atoms with E-state index in [0.29, 0.717) is 5.56 Å². The zero-order chi connectivity index (χ0) is 22.3. The van der Waals surface area contributed by atoms with Crippen molar-refractivity contribution in [3.8, 4) is 11.1 Å². The lowest BCUT2D eigenvalue weighted by atomic mass is 9.92. The maximum atomic E-state index is 12.8. The average molecular weight is 426 g/mol. The number of aromatic amines is 1. The summed E-state index contributed by atoms with van der Waals surface area (Å²) in [6.07, 6.45) is 0.838. The first kappa shape index (κ1) is 19.9. The zero-order valence-corrected chi connectivity index (χ0v) is 17.5. The third-order valence-electron chi connectivity index (χ3n) is 6.25. The van der Waals surface area contributed by atoms with E-state index in [4.69, 9.17) is 4.74 Å². The molecule has 0 saturated carbocycles. The number of rotatable bonds is 5. The third-order valence-corrected chi connectivity index (χ3v) is 6.25. The number of H-pyrrole nitrogens is 1. The summed E-state index contributed by atoms with van der Waals surface area (Å²) in [5.74, 6) is -1.27. The Balaban J connectivity index is 1.38. The number of fused-ring (bicyclic) bond motifs is 4. The van der Waals surface area contributed by atoms with Crippen molar-refractivity contribution in [1.29, 1.82) is 0 Å². The van der Waals surface area contributed by atoms with Gasteiger partial charge in [-0.25, -0.2) is 9.59 Å². The molecule has 0 radical (unpaired) electrons. The molecule has 3 aromatic carbocycles. The average Bonchev–Trinajstić information content (AvgIpc) is 3.37. The van der Waals surface area contributed by atoms with Crippen molar-refractivity contribution in [3.05, 3.63) is 95.7 Å². The molecule has 32 heavy (non-hydrogen) atoms. The van der Waals surface area contributed by atoms with Gasteiger partial charge in [0, 0.05) is 28.6 Å². The van der Waals surface area contributed by atoms with Crippen LogP contribution in [-0.4, -0.2) is 28.8 Å². The van der Waals surface area contributed by atoms with Crippen LogP contribution in [0.5, 0.6) is 0 Å². The minimum atomic E-state index is -1.65. The van der Waals surface area contributed by atoms with Gasteiger partial charge < -0.3 is 20.1 Å². The summed E-state index contributed by atoms with van der Waals surface area (Å²) in [6.45, 7) is 1.58. The SMILES string of the molecule is C[C@@](NC(=O)OCC1c2ccccc2-c2ccccc21)(C(=O)O)c1c[nH]c2ccccc12. The zero-order valence-electron chi connectivity index (χ0n) is 17.5. The van der Waals surface area contributed by atoms with Gasteiger partial charge in [-0.1, -0.05) is 66.7 Å². The van der Waals surface area contributed by atoms with Crippen LogP contribution in [0.3, 0.4) is 0 Å². The fourth-order valence-corrected chi connectivity index (χ4v) is 4.56. The van der Waals surface area contributed by atoms with Crippen LogP contribution in [0.1, 0.15) is 29.5 Å². The fraction of sp³-hybridized carbons (Fsp3) is 0.154. The summed E-state index contributed by atoms with van der Waals surface area (Å²) in [5, 5.41) is 13.3. The molecule has 0 saturated heterocycles. The third kappa shape index (κ3) is 3.12. The molecule has 6 nitrogen and oxygen atoms in total. The lowest BCUT2D eigenvalue weighted by Gasteiger charge is -2.26. The summed E-state index contributed by atoms with van der Waals surface area (Å²) in [6, 6.07) is 23.5. The van der Waals surface area contributed by atoms with Gasteiger partial charge in [0.15, 0.2) is 5.54 Å². The number of alkyl carbamates (subject to hydrolysis) is 1. The van der Waals surface area contributed by atoms with Gasteiger partial charge in [-0.3, -0.25) is 0 Å². The van der Waals surface area contributed by atoms with E-state index in [2.05, 4.69) is 22.4 Å². The first-order valence-electron chi connectivity index (χ1n) is 10.4. The molecule has 0 bridgehead atoms. The molecule has 5 rings (SSSR count). The second-order valence-corrected chi connectivity index (χ2v) is 8.13. The number of para-hydroxylation sites is 1. The Kier molecular flexibility index (Phi) is 4.70. The molecule has 0 aliphatic heterocycles. The number of hydrogen-bond acceptors (Lipinski definition) is 3. The van der Waals surface area contributed by atoms with Crippen molar-refractivity contribution in [2.45, 2.75) is 18.4 Å². The lowest BCUT2D eigenvalue weighted by molar-refractivity contribution is -0.144. The number of carbonyl (C=O) groups is 2. The number of carboxylic acids is 1. The number of carbonyl (C=O) groups excluding carboxylic acids is 1. The number of aliphatic carboxylic acids is 1. The van der Waals surface area contributed by atoms with Crippen LogP contribution in [0.25, 0.3) is 22.0 Å². The van der Waals surface area contributed by atoms with E-state index in [1.165, 1.54) is 6.92 Å². The van der Waals surface area contributed by atoms with Crippen molar-refractivity contribution >= 4 is 23.0 Å². The number of ether oxygens (including phenoxy) is 1. The van der Waals surface area contributed by atoms with Gasteiger partial charge in [-0.2, -0.15) is 0 Å². The van der Waals surface area contributed by atoms with Gasteiger partial charge in [0.2, 0.25) is 0 Å². The predicted octanol–water partition coefficient (Wildman–Crippen LogP) is 5.01. The summed E-state index contributed by atoms with van der Waals surface area (Å²) in [4.78, 5) is 28.0. The molecule has 0 spiro atoms. The first-order chi connectivity index (χ1) is 15.5. The summed E-state index contributed by atoms with van der Waals surface area (Å²) >= 11 is 0. The highest BCUT2D eigenvalue weighted by Gasteiger charge is 2.40. The van der Waals surface area contributed by atoms with Crippen molar-refractivity contribution in [2.75, 3.05) is 6.61 Å². The maximum absolute atomic E-state index is 12.8. The lowest BCUT2D eigenvalue weighted by Crippen LogP contribution is -2.49. The Morgan fingerprint density at radius 2 is 1.56 bits per heavy atom. The van der Waals surface area contributed by atoms with Crippen molar-refractivity contribution < 1.29 is 19.4 Å². The van der Waals surface area contributed by atoms with Crippen molar-refractivity contribution in [1.82, 2.24) is 10.3 Å². The molecule has 0 fully saturated rings. The Morgan fingerprint density at radius 3 is 2.22 bits per heavy atom. The highest BCUT2D eigenvalue weighted by Crippen LogP contribution is 2.44. The molecule has 1 amide bonds. The molecule has 1 heterocycles. The molecular weight excluding hydrogens is 404 g/mol. The first-order valence-corrected chi connectivity index (χ1v) is 10.4. The van der Waals surface area contributed by atoms with Crippen LogP contribution < -0.4 is 5.32 Å². The normalized spacial score (nSPS) is 14.4. The number of carboxylic acid groups (broad SMARTS) is 1. The standard InChI is InChI=1S/C26H22N2O4/c1-26(24(29)30,22-14-27-23-13-7-6-12-20(22)23)28-25(31)32-15-21-18-10-4-2-8-16(18)17-9-3-5-11-19(17)21/h2-14,21,27H,15H2,1H3,(H,28,31)(H,29,30)/t26-/m0/s1. The Morgan fingerprint density at radius 1 is 0.969 bits per heavy atom. The second-order valence-electron chi connectivity index (χ2n) is 8.13. The molecule has 1 aromatic heterocycles. The maximum Gasteiger partial charge on any atom is 0.408 e. The minimum Gasteiger partial charge on any atom is -0.479 e. The van der Waals surface area contributed by atoms with E-state index in [-0.39, 0.29) is 12.5 Å². The molecule has 160 valence electrons. The van der Waals surface area contributed by atoms with Crippen LogP contribution in [0.15, 0.2) is 79.0 Å². The molecule has 6 heteroatoms. The number of amides is 1.